The van der Waals surface area contributed by atoms with E-state index >= 15 is 0 Å². The smallest absolute Gasteiger partial charge is 0.330 e. The molecule has 4 rings (SSSR count). The molecule has 0 unspecified atom stereocenters. The largest absolute Gasteiger partial charge is 0.479 e. The SMILES string of the molecule is O=C(N[C@@H](C(=O)O)c1ccccc1)c1cc(-c2ccc(-c3ccncc3)cc2)cs1. The van der Waals surface area contributed by atoms with Crippen LogP contribution in [0, 0.1) is 0 Å². The van der Waals surface area contributed by atoms with Crippen LogP contribution in [0.4, 0.5) is 0 Å². The molecular formula is C24H18N2O3S. The Hall–Kier alpha value is -3.77. The van der Waals surface area contributed by atoms with Crippen LogP contribution >= 0.6 is 11.3 Å². The normalized spacial score (nSPS) is 11.6. The molecular weight excluding hydrogens is 396 g/mol. The molecule has 5 nitrogen and oxygen atoms in total. The van der Waals surface area contributed by atoms with E-state index in [1.165, 1.54) is 11.3 Å². The number of hydrogen-bond acceptors (Lipinski definition) is 4. The number of carbonyl (C=O) groups is 2. The van der Waals surface area contributed by atoms with E-state index in [1.807, 2.05) is 41.8 Å². The molecule has 148 valence electrons. The monoisotopic (exact) mass is 414 g/mol. The Bertz CT molecular complexity index is 1160. The number of nitrogens with zero attached hydrogens (tertiary/aromatic N) is 1. The summed E-state index contributed by atoms with van der Waals surface area (Å²) < 4.78 is 0. The van der Waals surface area contributed by atoms with Gasteiger partial charge in [-0.2, -0.15) is 0 Å². The molecule has 6 heteroatoms. The fourth-order valence-electron chi connectivity index (χ4n) is 3.14. The highest BCUT2D eigenvalue weighted by molar-refractivity contribution is 7.12. The number of carbonyl (C=O) groups excluding carboxylic acids is 1. The summed E-state index contributed by atoms with van der Waals surface area (Å²) in [7, 11) is 0. The highest BCUT2D eigenvalue weighted by Crippen LogP contribution is 2.28. The molecule has 0 bridgehead atoms. The van der Waals surface area contributed by atoms with Gasteiger partial charge < -0.3 is 10.4 Å². The first kappa shape index (κ1) is 19.5. The van der Waals surface area contributed by atoms with Gasteiger partial charge in [0.1, 0.15) is 0 Å². The van der Waals surface area contributed by atoms with Crippen LogP contribution in [0.5, 0.6) is 0 Å². The fourth-order valence-corrected chi connectivity index (χ4v) is 3.96. The van der Waals surface area contributed by atoms with E-state index < -0.39 is 17.9 Å². The second-order valence-corrected chi connectivity index (χ2v) is 7.58. The van der Waals surface area contributed by atoms with Crippen LogP contribution in [0.2, 0.25) is 0 Å². The zero-order valence-corrected chi connectivity index (χ0v) is 16.7. The van der Waals surface area contributed by atoms with E-state index in [1.54, 1.807) is 48.8 Å². The number of benzene rings is 2. The third kappa shape index (κ3) is 4.29. The minimum atomic E-state index is -1.10. The number of nitrogens with one attached hydrogen (secondary N) is 1. The van der Waals surface area contributed by atoms with Crippen LogP contribution in [-0.4, -0.2) is 22.0 Å². The molecule has 1 amide bonds. The quantitative estimate of drug-likeness (QED) is 0.464. The number of carboxylic acid groups (broad SMARTS) is 1. The number of amides is 1. The first-order chi connectivity index (χ1) is 14.6. The molecule has 1 atom stereocenters. The molecule has 4 aromatic rings. The lowest BCUT2D eigenvalue weighted by Crippen LogP contribution is -2.33. The zero-order valence-electron chi connectivity index (χ0n) is 15.9. The van der Waals surface area contributed by atoms with Crippen LogP contribution in [-0.2, 0) is 4.79 Å². The van der Waals surface area contributed by atoms with Gasteiger partial charge in [-0.15, -0.1) is 11.3 Å². The average molecular weight is 414 g/mol. The zero-order chi connectivity index (χ0) is 20.9. The summed E-state index contributed by atoms with van der Waals surface area (Å²) in [6, 6.07) is 21.3. The van der Waals surface area contributed by atoms with E-state index in [0.717, 1.165) is 22.3 Å². The maximum absolute atomic E-state index is 12.6. The Labute approximate surface area is 177 Å². The molecule has 0 saturated carbocycles. The van der Waals surface area contributed by atoms with Gasteiger partial charge in [-0.05, 0) is 51.4 Å². The van der Waals surface area contributed by atoms with Crippen LogP contribution in [0.15, 0.2) is 90.6 Å². The van der Waals surface area contributed by atoms with Crippen molar-refractivity contribution in [1.82, 2.24) is 10.3 Å². The van der Waals surface area contributed by atoms with Crippen molar-refractivity contribution in [1.29, 1.82) is 0 Å². The lowest BCUT2D eigenvalue weighted by molar-refractivity contribution is -0.139. The third-order valence-corrected chi connectivity index (χ3v) is 5.64. The van der Waals surface area contributed by atoms with E-state index in [9.17, 15) is 14.7 Å². The molecule has 2 heterocycles. The summed E-state index contributed by atoms with van der Waals surface area (Å²) in [6.07, 6.45) is 3.51. The fraction of sp³-hybridized carbons (Fsp3) is 0.0417. The predicted molar refractivity (Wildman–Crippen MR) is 117 cm³/mol. The molecule has 0 fully saturated rings. The number of carboxylic acids is 1. The van der Waals surface area contributed by atoms with E-state index in [4.69, 9.17) is 0 Å². The third-order valence-electron chi connectivity index (χ3n) is 4.71. The van der Waals surface area contributed by atoms with Gasteiger partial charge in [0.15, 0.2) is 6.04 Å². The molecule has 2 aromatic carbocycles. The number of thiophene rings is 1. The summed E-state index contributed by atoms with van der Waals surface area (Å²) in [5.74, 6) is -1.51. The van der Waals surface area contributed by atoms with Gasteiger partial charge in [-0.1, -0.05) is 54.6 Å². The van der Waals surface area contributed by atoms with Gasteiger partial charge >= 0.3 is 5.97 Å². The van der Waals surface area contributed by atoms with Crippen molar-refractivity contribution in [2.75, 3.05) is 0 Å². The van der Waals surface area contributed by atoms with Gasteiger partial charge in [-0.25, -0.2) is 4.79 Å². The van der Waals surface area contributed by atoms with Crippen molar-refractivity contribution >= 4 is 23.2 Å². The van der Waals surface area contributed by atoms with Crippen LogP contribution in [0.1, 0.15) is 21.3 Å². The second-order valence-electron chi connectivity index (χ2n) is 6.67. The van der Waals surface area contributed by atoms with Crippen molar-refractivity contribution in [2.24, 2.45) is 0 Å². The summed E-state index contributed by atoms with van der Waals surface area (Å²) in [6.45, 7) is 0. The molecule has 2 N–H and O–H groups in total. The Morgan fingerprint density at radius 1 is 0.833 bits per heavy atom. The summed E-state index contributed by atoms with van der Waals surface area (Å²) >= 11 is 1.29. The Morgan fingerprint density at radius 3 is 2.07 bits per heavy atom. The van der Waals surface area contributed by atoms with Crippen LogP contribution in [0.25, 0.3) is 22.3 Å². The topological polar surface area (TPSA) is 79.3 Å². The van der Waals surface area contributed by atoms with Crippen LogP contribution < -0.4 is 5.32 Å². The van der Waals surface area contributed by atoms with Gasteiger partial charge in [0.25, 0.3) is 5.91 Å². The van der Waals surface area contributed by atoms with Crippen molar-refractivity contribution in [2.45, 2.75) is 6.04 Å². The highest BCUT2D eigenvalue weighted by Gasteiger charge is 2.23. The number of pyridine rings is 1. The number of aromatic nitrogens is 1. The van der Waals surface area contributed by atoms with Gasteiger partial charge in [0.2, 0.25) is 0 Å². The van der Waals surface area contributed by atoms with Gasteiger partial charge in [-0.3, -0.25) is 9.78 Å². The van der Waals surface area contributed by atoms with Crippen molar-refractivity contribution < 1.29 is 14.7 Å². The van der Waals surface area contributed by atoms with Crippen molar-refractivity contribution in [3.05, 3.63) is 101 Å². The minimum Gasteiger partial charge on any atom is -0.479 e. The highest BCUT2D eigenvalue weighted by atomic mass is 32.1. The summed E-state index contributed by atoms with van der Waals surface area (Å²) in [4.78, 5) is 28.8. The molecule has 0 saturated heterocycles. The number of rotatable bonds is 6. The Balaban J connectivity index is 1.51. The predicted octanol–water partition coefficient (Wildman–Crippen LogP) is 5.03. The lowest BCUT2D eigenvalue weighted by Gasteiger charge is -2.14. The Morgan fingerprint density at radius 2 is 1.43 bits per heavy atom. The van der Waals surface area contributed by atoms with Crippen molar-refractivity contribution in [3.8, 4) is 22.3 Å². The molecule has 2 aromatic heterocycles. The van der Waals surface area contributed by atoms with Crippen molar-refractivity contribution in [3.63, 3.8) is 0 Å². The van der Waals surface area contributed by atoms with Gasteiger partial charge in [0.05, 0.1) is 4.88 Å². The minimum absolute atomic E-state index is 0.407. The first-order valence-corrected chi connectivity index (χ1v) is 10.2. The maximum atomic E-state index is 12.6. The molecule has 0 aliphatic heterocycles. The summed E-state index contributed by atoms with van der Waals surface area (Å²) in [5, 5.41) is 14.0. The maximum Gasteiger partial charge on any atom is 0.330 e. The molecule has 0 radical (unpaired) electrons. The average Bonchev–Trinajstić information content (AvgIpc) is 3.29. The number of aliphatic carboxylic acids is 1. The lowest BCUT2D eigenvalue weighted by atomic mass is 10.0. The Kier molecular flexibility index (Phi) is 5.68. The summed E-state index contributed by atoms with van der Waals surface area (Å²) in [5.41, 5.74) is 4.60. The number of hydrogen-bond donors (Lipinski definition) is 2. The molecule has 0 aliphatic carbocycles. The first-order valence-electron chi connectivity index (χ1n) is 9.30. The van der Waals surface area contributed by atoms with E-state index in [2.05, 4.69) is 10.3 Å². The second kappa shape index (κ2) is 8.71. The molecule has 0 spiro atoms. The molecule has 0 aliphatic rings. The van der Waals surface area contributed by atoms with Gasteiger partial charge in [0, 0.05) is 12.4 Å². The standard InChI is InChI=1S/C24H18N2O3S/c27-23(26-22(24(28)29)19-4-2-1-3-5-19)21-14-20(15-30-21)17-8-6-16(7-9-17)18-10-12-25-13-11-18/h1-15,22H,(H,26,27)(H,28,29)/t22-/m1/s1. The molecule has 30 heavy (non-hydrogen) atoms. The van der Waals surface area contributed by atoms with E-state index in [0.29, 0.717) is 10.4 Å². The van der Waals surface area contributed by atoms with Crippen LogP contribution in [0.3, 0.4) is 0 Å². The van der Waals surface area contributed by atoms with E-state index in [-0.39, 0.29) is 0 Å².